The third-order valence-corrected chi connectivity index (χ3v) is 4.20. The van der Waals surface area contributed by atoms with Crippen LogP contribution in [0.1, 0.15) is 30.1 Å². The molecule has 1 aromatic rings. The van der Waals surface area contributed by atoms with Gasteiger partial charge in [0.1, 0.15) is 0 Å². The number of likely N-dealkylation sites (tertiary alicyclic amines) is 1. The molecule has 142 valence electrons. The topological polar surface area (TPSA) is 108 Å². The Morgan fingerprint density at radius 1 is 1.27 bits per heavy atom. The smallest absolute Gasteiger partial charge is 0.338 e. The highest BCUT2D eigenvalue weighted by atomic mass is 16.5. The molecular weight excluding hydrogens is 340 g/mol. The lowest BCUT2D eigenvalue weighted by molar-refractivity contribution is -0.137. The summed E-state index contributed by atoms with van der Waals surface area (Å²) in [6, 6.07) is 4.66. The van der Waals surface area contributed by atoms with Crippen LogP contribution >= 0.6 is 0 Å². The Morgan fingerprint density at radius 3 is 2.69 bits per heavy atom. The SMILES string of the molecule is CCOc1ccc(C(=O)OCC(=O)N2CCC[C@H](C(N)=O)C2)cc1OC. The molecule has 0 saturated carbocycles. The van der Waals surface area contributed by atoms with Gasteiger partial charge in [-0.25, -0.2) is 4.79 Å². The summed E-state index contributed by atoms with van der Waals surface area (Å²) in [6.07, 6.45) is 1.37. The lowest BCUT2D eigenvalue weighted by Crippen LogP contribution is -2.45. The molecule has 1 saturated heterocycles. The normalized spacial score (nSPS) is 16.7. The summed E-state index contributed by atoms with van der Waals surface area (Å²) in [6.45, 7) is 2.72. The van der Waals surface area contributed by atoms with E-state index in [-0.39, 0.29) is 30.5 Å². The van der Waals surface area contributed by atoms with Crippen LogP contribution in [0.25, 0.3) is 0 Å². The number of hydrogen-bond donors (Lipinski definition) is 1. The van der Waals surface area contributed by atoms with Crippen molar-refractivity contribution in [2.24, 2.45) is 11.7 Å². The van der Waals surface area contributed by atoms with Crippen molar-refractivity contribution in [3.8, 4) is 11.5 Å². The Hall–Kier alpha value is -2.77. The predicted octanol–water partition coefficient (Wildman–Crippen LogP) is 0.975. The summed E-state index contributed by atoms with van der Waals surface area (Å²) in [7, 11) is 1.47. The van der Waals surface area contributed by atoms with E-state index in [4.69, 9.17) is 19.9 Å². The lowest BCUT2D eigenvalue weighted by atomic mass is 9.97. The zero-order valence-corrected chi connectivity index (χ0v) is 15.0. The largest absolute Gasteiger partial charge is 0.493 e. The lowest BCUT2D eigenvalue weighted by Gasteiger charge is -2.31. The van der Waals surface area contributed by atoms with E-state index in [2.05, 4.69) is 0 Å². The van der Waals surface area contributed by atoms with Gasteiger partial charge in [0.2, 0.25) is 5.91 Å². The quantitative estimate of drug-likeness (QED) is 0.723. The maximum atomic E-state index is 12.2. The number of methoxy groups -OCH3 is 1. The van der Waals surface area contributed by atoms with Gasteiger partial charge in [0, 0.05) is 13.1 Å². The van der Waals surface area contributed by atoms with Crippen LogP contribution < -0.4 is 15.2 Å². The molecule has 0 aliphatic carbocycles. The number of primary amides is 1. The van der Waals surface area contributed by atoms with Crippen LogP contribution in [0.2, 0.25) is 0 Å². The predicted molar refractivity (Wildman–Crippen MR) is 92.9 cm³/mol. The number of benzene rings is 1. The number of carbonyl (C=O) groups is 3. The monoisotopic (exact) mass is 364 g/mol. The molecule has 1 heterocycles. The molecule has 8 heteroatoms. The fourth-order valence-electron chi connectivity index (χ4n) is 2.81. The highest BCUT2D eigenvalue weighted by molar-refractivity contribution is 5.92. The molecule has 8 nitrogen and oxygen atoms in total. The van der Waals surface area contributed by atoms with Gasteiger partial charge >= 0.3 is 5.97 Å². The maximum Gasteiger partial charge on any atom is 0.338 e. The zero-order valence-electron chi connectivity index (χ0n) is 15.0. The third-order valence-electron chi connectivity index (χ3n) is 4.20. The van der Waals surface area contributed by atoms with Gasteiger partial charge in [0.15, 0.2) is 18.1 Å². The summed E-state index contributed by atoms with van der Waals surface area (Å²) < 4.78 is 15.7. The highest BCUT2D eigenvalue weighted by Crippen LogP contribution is 2.28. The molecule has 0 unspecified atom stereocenters. The van der Waals surface area contributed by atoms with E-state index in [1.807, 2.05) is 6.92 Å². The number of carbonyl (C=O) groups excluding carboxylic acids is 3. The number of amides is 2. The number of ether oxygens (including phenoxy) is 3. The van der Waals surface area contributed by atoms with Gasteiger partial charge in [-0.05, 0) is 38.0 Å². The van der Waals surface area contributed by atoms with Crippen molar-refractivity contribution < 1.29 is 28.6 Å². The Labute approximate surface area is 152 Å². The van der Waals surface area contributed by atoms with Gasteiger partial charge in [0.25, 0.3) is 5.91 Å². The van der Waals surface area contributed by atoms with Gasteiger partial charge in [-0.1, -0.05) is 0 Å². The molecule has 1 aliphatic rings. The Balaban J connectivity index is 1.93. The minimum absolute atomic E-state index is 0.256. The van der Waals surface area contributed by atoms with Crippen molar-refractivity contribution in [3.05, 3.63) is 23.8 Å². The van der Waals surface area contributed by atoms with Gasteiger partial charge in [-0.2, -0.15) is 0 Å². The van der Waals surface area contributed by atoms with E-state index in [0.29, 0.717) is 37.5 Å². The van der Waals surface area contributed by atoms with Crippen molar-refractivity contribution in [1.29, 1.82) is 0 Å². The van der Waals surface area contributed by atoms with Crippen LogP contribution in [0.5, 0.6) is 11.5 Å². The zero-order chi connectivity index (χ0) is 19.1. The van der Waals surface area contributed by atoms with Crippen LogP contribution in [-0.2, 0) is 14.3 Å². The standard InChI is InChI=1S/C18H24N2O6/c1-3-25-14-7-6-12(9-15(14)24-2)18(23)26-11-16(21)20-8-4-5-13(10-20)17(19)22/h6-7,9,13H,3-5,8,10-11H2,1-2H3,(H2,19,22)/t13-/m0/s1. The number of hydrogen-bond acceptors (Lipinski definition) is 6. The van der Waals surface area contributed by atoms with Gasteiger partial charge in [0.05, 0.1) is 25.2 Å². The van der Waals surface area contributed by atoms with Crippen LogP contribution in [0.15, 0.2) is 18.2 Å². The molecule has 1 fully saturated rings. The number of nitrogens with zero attached hydrogens (tertiary/aromatic N) is 1. The van der Waals surface area contributed by atoms with Crippen molar-refractivity contribution in [2.75, 3.05) is 33.4 Å². The van der Waals surface area contributed by atoms with Crippen LogP contribution in [0.4, 0.5) is 0 Å². The van der Waals surface area contributed by atoms with Crippen LogP contribution in [-0.4, -0.2) is 56.1 Å². The number of nitrogens with two attached hydrogens (primary N) is 1. The summed E-state index contributed by atoms with van der Waals surface area (Å²) in [5.74, 6) is -0.813. The van der Waals surface area contributed by atoms with Gasteiger partial charge < -0.3 is 24.8 Å². The minimum atomic E-state index is -0.636. The fourth-order valence-corrected chi connectivity index (χ4v) is 2.81. The van der Waals surface area contributed by atoms with E-state index in [1.165, 1.54) is 18.1 Å². The van der Waals surface area contributed by atoms with E-state index in [1.54, 1.807) is 12.1 Å². The molecule has 0 radical (unpaired) electrons. The first-order valence-electron chi connectivity index (χ1n) is 8.51. The van der Waals surface area contributed by atoms with Crippen LogP contribution in [0, 0.1) is 5.92 Å². The molecular formula is C18H24N2O6. The first-order valence-corrected chi connectivity index (χ1v) is 8.51. The maximum absolute atomic E-state index is 12.2. The Morgan fingerprint density at radius 2 is 2.04 bits per heavy atom. The molecule has 0 aromatic heterocycles. The average molecular weight is 364 g/mol. The first kappa shape index (κ1) is 19.6. The second-order valence-corrected chi connectivity index (χ2v) is 5.96. The van der Waals surface area contributed by atoms with E-state index >= 15 is 0 Å². The molecule has 1 aliphatic heterocycles. The average Bonchev–Trinajstić information content (AvgIpc) is 2.66. The molecule has 2 amide bonds. The molecule has 0 spiro atoms. The second kappa shape index (κ2) is 9.07. The molecule has 1 aromatic carbocycles. The second-order valence-electron chi connectivity index (χ2n) is 5.96. The fraction of sp³-hybridized carbons (Fsp3) is 0.500. The highest BCUT2D eigenvalue weighted by Gasteiger charge is 2.27. The molecule has 1 atom stereocenters. The third kappa shape index (κ3) is 4.87. The summed E-state index contributed by atoms with van der Waals surface area (Å²) in [5.41, 5.74) is 5.56. The van der Waals surface area contributed by atoms with Crippen molar-refractivity contribution in [1.82, 2.24) is 4.90 Å². The number of piperidine rings is 1. The van der Waals surface area contributed by atoms with E-state index in [9.17, 15) is 14.4 Å². The Bertz CT molecular complexity index is 676. The van der Waals surface area contributed by atoms with E-state index < -0.39 is 11.9 Å². The first-order chi connectivity index (χ1) is 12.5. The van der Waals surface area contributed by atoms with E-state index in [0.717, 1.165) is 0 Å². The van der Waals surface area contributed by atoms with Crippen molar-refractivity contribution >= 4 is 17.8 Å². The van der Waals surface area contributed by atoms with Gasteiger partial charge in [-0.15, -0.1) is 0 Å². The Kier molecular flexibility index (Phi) is 6.82. The summed E-state index contributed by atoms with van der Waals surface area (Å²) >= 11 is 0. The summed E-state index contributed by atoms with van der Waals surface area (Å²) in [5, 5.41) is 0. The minimum Gasteiger partial charge on any atom is -0.493 e. The van der Waals surface area contributed by atoms with Gasteiger partial charge in [-0.3, -0.25) is 9.59 Å². The molecule has 2 rings (SSSR count). The molecule has 0 bridgehead atoms. The van der Waals surface area contributed by atoms with Crippen molar-refractivity contribution in [2.45, 2.75) is 19.8 Å². The summed E-state index contributed by atoms with van der Waals surface area (Å²) in [4.78, 5) is 37.2. The molecule has 26 heavy (non-hydrogen) atoms. The van der Waals surface area contributed by atoms with Crippen molar-refractivity contribution in [3.63, 3.8) is 0 Å². The van der Waals surface area contributed by atoms with Crippen LogP contribution in [0.3, 0.4) is 0 Å². The number of rotatable bonds is 7. The number of esters is 1. The molecule has 2 N–H and O–H groups in total.